The Hall–Kier alpha value is -1.45. The summed E-state index contributed by atoms with van der Waals surface area (Å²) in [6, 6.07) is 8.44. The van der Waals surface area contributed by atoms with Crippen molar-refractivity contribution in [1.29, 1.82) is 0 Å². The molecule has 2 aromatic rings. The Bertz CT molecular complexity index is 699. The summed E-state index contributed by atoms with van der Waals surface area (Å²) < 4.78 is 2.14. The fourth-order valence-corrected chi connectivity index (χ4v) is 3.04. The molecule has 1 unspecified atom stereocenters. The standard InChI is InChI=1S/C17H19Cl2N3/c1-3-15-20-14-8-10-17(2,19)21-16(14)22(15)13-6-4-12(5-7-13)9-11-18/h4-8,10,21H,3,9,11H2,1-2H3. The van der Waals surface area contributed by atoms with Crippen molar-refractivity contribution in [2.75, 3.05) is 11.2 Å². The van der Waals surface area contributed by atoms with Crippen LogP contribution >= 0.6 is 23.2 Å². The van der Waals surface area contributed by atoms with E-state index in [1.165, 1.54) is 5.56 Å². The molecule has 1 aromatic carbocycles. The van der Waals surface area contributed by atoms with E-state index in [1.54, 1.807) is 0 Å². The highest BCUT2D eigenvalue weighted by Gasteiger charge is 2.27. The molecule has 0 radical (unpaired) electrons. The van der Waals surface area contributed by atoms with Gasteiger partial charge in [0.05, 0.1) is 0 Å². The third-order valence-corrected chi connectivity index (χ3v) is 4.19. The SMILES string of the molecule is CCc1nc2c(n1-c1ccc(CCCl)cc1)NC(C)(Cl)C=C2. The highest BCUT2D eigenvalue weighted by atomic mass is 35.5. The molecule has 5 heteroatoms. The predicted molar refractivity (Wildman–Crippen MR) is 94.3 cm³/mol. The van der Waals surface area contributed by atoms with Gasteiger partial charge in [0.25, 0.3) is 0 Å². The van der Waals surface area contributed by atoms with Gasteiger partial charge >= 0.3 is 0 Å². The molecule has 3 nitrogen and oxygen atoms in total. The molecular weight excluding hydrogens is 317 g/mol. The molecule has 0 saturated heterocycles. The first-order chi connectivity index (χ1) is 10.5. The number of aryl methyl sites for hydroxylation is 2. The number of fused-ring (bicyclic) bond motifs is 1. The number of nitrogens with one attached hydrogen (secondary N) is 1. The lowest BCUT2D eigenvalue weighted by Gasteiger charge is -2.26. The minimum atomic E-state index is -0.589. The summed E-state index contributed by atoms with van der Waals surface area (Å²) in [7, 11) is 0. The van der Waals surface area contributed by atoms with E-state index in [2.05, 4.69) is 41.1 Å². The van der Waals surface area contributed by atoms with Crippen molar-refractivity contribution >= 4 is 35.1 Å². The maximum absolute atomic E-state index is 6.42. The Morgan fingerprint density at radius 3 is 2.64 bits per heavy atom. The number of imidazole rings is 1. The van der Waals surface area contributed by atoms with Crippen LogP contribution in [0.2, 0.25) is 0 Å². The van der Waals surface area contributed by atoms with E-state index in [0.717, 1.165) is 35.9 Å². The summed E-state index contributed by atoms with van der Waals surface area (Å²) >= 11 is 12.2. The molecule has 0 bridgehead atoms. The van der Waals surface area contributed by atoms with E-state index < -0.39 is 5.00 Å². The number of alkyl halides is 2. The zero-order valence-electron chi connectivity index (χ0n) is 12.7. The first kappa shape index (κ1) is 15.4. The summed E-state index contributed by atoms with van der Waals surface area (Å²) in [6.07, 6.45) is 5.64. The highest BCUT2D eigenvalue weighted by molar-refractivity contribution is 6.26. The van der Waals surface area contributed by atoms with Crippen LogP contribution < -0.4 is 5.32 Å². The summed E-state index contributed by atoms with van der Waals surface area (Å²) in [5, 5.41) is 3.36. The van der Waals surface area contributed by atoms with Gasteiger partial charge in [0.2, 0.25) is 0 Å². The maximum atomic E-state index is 6.42. The second-order valence-corrected chi connectivity index (χ2v) is 6.75. The molecule has 1 aliphatic heterocycles. The number of anilines is 1. The van der Waals surface area contributed by atoms with Crippen molar-refractivity contribution in [1.82, 2.24) is 9.55 Å². The van der Waals surface area contributed by atoms with E-state index in [1.807, 2.05) is 19.1 Å². The highest BCUT2D eigenvalue weighted by Crippen LogP contribution is 2.33. The van der Waals surface area contributed by atoms with E-state index >= 15 is 0 Å². The lowest BCUT2D eigenvalue weighted by molar-refractivity contribution is 0.848. The number of hydrogen-bond acceptors (Lipinski definition) is 2. The molecular formula is C17H19Cl2N3. The monoisotopic (exact) mass is 335 g/mol. The van der Waals surface area contributed by atoms with Crippen LogP contribution in [0.15, 0.2) is 30.3 Å². The Kier molecular flexibility index (Phi) is 4.20. The van der Waals surface area contributed by atoms with Gasteiger partial charge in [0.15, 0.2) is 0 Å². The quantitative estimate of drug-likeness (QED) is 0.653. The summed E-state index contributed by atoms with van der Waals surface area (Å²) in [4.78, 5) is 4.11. The molecule has 1 aromatic heterocycles. The van der Waals surface area contributed by atoms with Crippen molar-refractivity contribution in [3.05, 3.63) is 47.4 Å². The third kappa shape index (κ3) is 2.88. The van der Waals surface area contributed by atoms with Crippen molar-refractivity contribution in [3.8, 4) is 5.69 Å². The van der Waals surface area contributed by atoms with Gasteiger partial charge in [0.1, 0.15) is 22.3 Å². The summed E-state index contributed by atoms with van der Waals surface area (Å²) in [5.74, 6) is 2.60. The Balaban J connectivity index is 2.06. The average molecular weight is 336 g/mol. The molecule has 1 N–H and O–H groups in total. The number of rotatable bonds is 4. The largest absolute Gasteiger partial charge is 0.348 e. The second kappa shape index (κ2) is 5.98. The smallest absolute Gasteiger partial charge is 0.140 e. The van der Waals surface area contributed by atoms with E-state index in [0.29, 0.717) is 5.88 Å². The topological polar surface area (TPSA) is 29.9 Å². The van der Waals surface area contributed by atoms with Crippen LogP contribution in [-0.2, 0) is 12.8 Å². The van der Waals surface area contributed by atoms with E-state index in [9.17, 15) is 0 Å². The molecule has 0 aliphatic carbocycles. The van der Waals surface area contributed by atoms with Crippen molar-refractivity contribution in [2.24, 2.45) is 0 Å². The molecule has 2 heterocycles. The fraction of sp³-hybridized carbons (Fsp3) is 0.353. The van der Waals surface area contributed by atoms with Gasteiger partial charge in [-0.2, -0.15) is 0 Å². The van der Waals surface area contributed by atoms with Gasteiger partial charge in [-0.3, -0.25) is 4.57 Å². The Morgan fingerprint density at radius 1 is 1.27 bits per heavy atom. The molecule has 0 amide bonds. The number of aromatic nitrogens is 2. The molecule has 1 aliphatic rings. The van der Waals surface area contributed by atoms with E-state index in [-0.39, 0.29) is 0 Å². The molecule has 3 rings (SSSR count). The first-order valence-electron chi connectivity index (χ1n) is 7.47. The maximum Gasteiger partial charge on any atom is 0.140 e. The normalized spacial score (nSPS) is 19.8. The summed E-state index contributed by atoms with van der Waals surface area (Å²) in [6.45, 7) is 4.04. The number of benzene rings is 1. The van der Waals surface area contributed by atoms with Crippen molar-refractivity contribution < 1.29 is 0 Å². The Morgan fingerprint density at radius 2 is 2.00 bits per heavy atom. The van der Waals surface area contributed by atoms with Crippen molar-refractivity contribution in [2.45, 2.75) is 31.7 Å². The molecule has 0 spiro atoms. The lowest BCUT2D eigenvalue weighted by Crippen LogP contribution is -2.28. The molecule has 1 atom stereocenters. The van der Waals surface area contributed by atoms with Crippen LogP contribution in [0.4, 0.5) is 5.82 Å². The lowest BCUT2D eigenvalue weighted by atomic mass is 10.1. The number of nitrogens with zero attached hydrogens (tertiary/aromatic N) is 2. The van der Waals surface area contributed by atoms with Gasteiger partial charge in [-0.05, 0) is 43.2 Å². The van der Waals surface area contributed by atoms with Crippen LogP contribution in [0, 0.1) is 0 Å². The zero-order valence-corrected chi connectivity index (χ0v) is 14.2. The van der Waals surface area contributed by atoms with Gasteiger partial charge in [-0.1, -0.05) is 30.7 Å². The molecule has 0 fully saturated rings. The van der Waals surface area contributed by atoms with Gasteiger partial charge < -0.3 is 5.32 Å². The van der Waals surface area contributed by atoms with Crippen LogP contribution in [-0.4, -0.2) is 20.4 Å². The summed E-state index contributed by atoms with van der Waals surface area (Å²) in [5.41, 5.74) is 3.25. The van der Waals surface area contributed by atoms with Crippen LogP contribution in [0.25, 0.3) is 11.8 Å². The fourth-order valence-electron chi connectivity index (χ4n) is 2.67. The number of hydrogen-bond donors (Lipinski definition) is 1. The minimum absolute atomic E-state index is 0.589. The van der Waals surface area contributed by atoms with Crippen LogP contribution in [0.5, 0.6) is 0 Å². The molecule has 22 heavy (non-hydrogen) atoms. The van der Waals surface area contributed by atoms with Gasteiger partial charge in [-0.15, -0.1) is 11.6 Å². The Labute approximate surface area is 141 Å². The van der Waals surface area contributed by atoms with Gasteiger partial charge in [-0.25, -0.2) is 4.98 Å². The minimum Gasteiger partial charge on any atom is -0.348 e. The number of halogens is 2. The van der Waals surface area contributed by atoms with Crippen LogP contribution in [0.1, 0.15) is 30.9 Å². The first-order valence-corrected chi connectivity index (χ1v) is 8.38. The predicted octanol–water partition coefficient (Wildman–Crippen LogP) is 4.61. The zero-order chi connectivity index (χ0) is 15.7. The molecule has 0 saturated carbocycles. The van der Waals surface area contributed by atoms with Crippen LogP contribution in [0.3, 0.4) is 0 Å². The van der Waals surface area contributed by atoms with E-state index in [4.69, 9.17) is 28.2 Å². The average Bonchev–Trinajstić information content (AvgIpc) is 2.85. The molecule has 116 valence electrons. The third-order valence-electron chi connectivity index (χ3n) is 3.78. The van der Waals surface area contributed by atoms with Gasteiger partial charge in [0, 0.05) is 18.0 Å². The second-order valence-electron chi connectivity index (χ2n) is 5.59. The van der Waals surface area contributed by atoms with Crippen molar-refractivity contribution in [3.63, 3.8) is 0 Å².